The number of nitrogens with zero attached hydrogens (tertiary/aromatic N) is 3. The van der Waals surface area contributed by atoms with E-state index in [9.17, 15) is 9.18 Å². The van der Waals surface area contributed by atoms with Crippen molar-refractivity contribution >= 4 is 34.1 Å². The summed E-state index contributed by atoms with van der Waals surface area (Å²) in [5.74, 6) is 0.465. The van der Waals surface area contributed by atoms with Crippen molar-refractivity contribution in [1.82, 2.24) is 9.88 Å². The molecule has 1 amide bonds. The van der Waals surface area contributed by atoms with Crippen molar-refractivity contribution in [3.8, 4) is 10.4 Å². The molecule has 0 spiro atoms. The lowest BCUT2D eigenvalue weighted by atomic mass is 10.1. The van der Waals surface area contributed by atoms with Crippen LogP contribution < -0.4 is 10.6 Å². The maximum Gasteiger partial charge on any atom is 0.275 e. The van der Waals surface area contributed by atoms with Gasteiger partial charge in [0.2, 0.25) is 0 Å². The van der Waals surface area contributed by atoms with Crippen molar-refractivity contribution in [1.29, 1.82) is 0 Å². The van der Waals surface area contributed by atoms with Gasteiger partial charge in [0.25, 0.3) is 5.91 Å². The van der Waals surface area contributed by atoms with Crippen molar-refractivity contribution in [2.24, 2.45) is 5.73 Å². The molecule has 3 rings (SSSR count). The molecule has 1 unspecified atom stereocenters. The van der Waals surface area contributed by atoms with Gasteiger partial charge in [0.15, 0.2) is 5.13 Å². The Morgan fingerprint density at radius 2 is 2.12 bits per heavy atom. The summed E-state index contributed by atoms with van der Waals surface area (Å²) >= 11 is 3.12. The normalized spacial score (nSPS) is 17.3. The second-order valence-electron chi connectivity index (χ2n) is 5.64. The number of halogens is 1. The molecule has 0 aliphatic carbocycles. The third-order valence-electron chi connectivity index (χ3n) is 3.76. The summed E-state index contributed by atoms with van der Waals surface area (Å²) in [4.78, 5) is 22.0. The minimum absolute atomic E-state index is 0.0110. The van der Waals surface area contributed by atoms with E-state index in [0.717, 1.165) is 21.3 Å². The Hall–Kier alpha value is -1.64. The van der Waals surface area contributed by atoms with Crippen molar-refractivity contribution < 1.29 is 9.18 Å². The van der Waals surface area contributed by atoms with E-state index in [2.05, 4.69) is 4.98 Å². The van der Waals surface area contributed by atoms with Gasteiger partial charge in [-0.1, -0.05) is 23.5 Å². The topological polar surface area (TPSA) is 62.5 Å². The Balaban J connectivity index is 2.02. The molecule has 0 bridgehead atoms. The molecular weight excluding hydrogens is 347 g/mol. The van der Waals surface area contributed by atoms with Crippen molar-refractivity contribution in [2.45, 2.75) is 5.37 Å². The number of thioether (sulfide) groups is 1. The highest BCUT2D eigenvalue weighted by Crippen LogP contribution is 2.36. The highest BCUT2D eigenvalue weighted by Gasteiger charge is 2.32. The van der Waals surface area contributed by atoms with E-state index in [0.29, 0.717) is 18.8 Å². The van der Waals surface area contributed by atoms with Crippen LogP contribution in [-0.4, -0.2) is 54.1 Å². The summed E-state index contributed by atoms with van der Waals surface area (Å²) in [6.07, 6.45) is 0. The first-order valence-electron chi connectivity index (χ1n) is 7.58. The number of anilines is 1. The number of benzene rings is 1. The molecule has 1 fully saturated rings. The summed E-state index contributed by atoms with van der Waals surface area (Å²) in [5.41, 5.74) is 6.98. The largest absolute Gasteiger partial charge is 0.354 e. The van der Waals surface area contributed by atoms with Crippen LogP contribution in [0.3, 0.4) is 0 Å². The molecule has 24 heavy (non-hydrogen) atoms. The molecular formula is C16H19FN4OS2. The van der Waals surface area contributed by atoms with Crippen LogP contribution in [0.25, 0.3) is 10.4 Å². The lowest BCUT2D eigenvalue weighted by Crippen LogP contribution is -2.39. The number of carbonyl (C=O) groups excluding carboxylic acids is 1. The average molecular weight is 366 g/mol. The van der Waals surface area contributed by atoms with Crippen molar-refractivity contribution in [3.63, 3.8) is 0 Å². The van der Waals surface area contributed by atoms with Gasteiger partial charge < -0.3 is 15.5 Å². The Labute approximate surface area is 148 Å². The van der Waals surface area contributed by atoms with Crippen LogP contribution in [0.5, 0.6) is 0 Å². The fourth-order valence-corrected chi connectivity index (χ4v) is 4.60. The molecule has 0 radical (unpaired) electrons. The number of thiazole rings is 1. The van der Waals surface area contributed by atoms with Gasteiger partial charge >= 0.3 is 0 Å². The summed E-state index contributed by atoms with van der Waals surface area (Å²) in [5, 5.41) is 0.733. The van der Waals surface area contributed by atoms with Gasteiger partial charge in [-0.3, -0.25) is 4.79 Å². The minimum atomic E-state index is -0.303. The highest BCUT2D eigenvalue weighted by atomic mass is 32.2. The predicted molar refractivity (Wildman–Crippen MR) is 98.2 cm³/mol. The number of carbonyl (C=O) groups is 1. The van der Waals surface area contributed by atoms with Crippen molar-refractivity contribution in [3.05, 3.63) is 35.8 Å². The van der Waals surface area contributed by atoms with Gasteiger partial charge in [-0.25, -0.2) is 9.37 Å². The van der Waals surface area contributed by atoms with E-state index >= 15 is 0 Å². The zero-order valence-electron chi connectivity index (χ0n) is 13.5. The lowest BCUT2D eigenvalue weighted by Gasteiger charge is -2.22. The van der Waals surface area contributed by atoms with Gasteiger partial charge in [0.1, 0.15) is 11.5 Å². The van der Waals surface area contributed by atoms with E-state index in [1.807, 2.05) is 19.0 Å². The Morgan fingerprint density at radius 1 is 1.42 bits per heavy atom. The fourth-order valence-electron chi connectivity index (χ4n) is 2.53. The molecule has 0 saturated carbocycles. The fraction of sp³-hybridized carbons (Fsp3) is 0.375. The summed E-state index contributed by atoms with van der Waals surface area (Å²) < 4.78 is 13.2. The van der Waals surface area contributed by atoms with E-state index in [1.165, 1.54) is 23.5 Å². The SMILES string of the molecule is CN(C)c1nc(C(=O)N2CCSC2CN)c(-c2ccc(F)cc2)s1. The Kier molecular flexibility index (Phi) is 5.07. The van der Waals surface area contributed by atoms with E-state index in [-0.39, 0.29) is 17.1 Å². The first kappa shape index (κ1) is 17.2. The molecule has 128 valence electrons. The number of rotatable bonds is 4. The van der Waals surface area contributed by atoms with Gasteiger partial charge in [-0.2, -0.15) is 0 Å². The van der Waals surface area contributed by atoms with Crippen LogP contribution in [0, 0.1) is 5.82 Å². The van der Waals surface area contributed by atoms with Crippen LogP contribution in [0.2, 0.25) is 0 Å². The third-order valence-corrected chi connectivity index (χ3v) is 6.28. The number of nitrogens with two attached hydrogens (primary N) is 1. The van der Waals surface area contributed by atoms with Gasteiger partial charge in [-0.15, -0.1) is 11.8 Å². The number of hydrogen-bond acceptors (Lipinski definition) is 6. The summed E-state index contributed by atoms with van der Waals surface area (Å²) in [6.45, 7) is 1.09. The minimum Gasteiger partial charge on any atom is -0.354 e. The molecule has 2 aromatic rings. The molecule has 8 heteroatoms. The van der Waals surface area contributed by atoms with Gasteiger partial charge in [0, 0.05) is 32.9 Å². The van der Waals surface area contributed by atoms with Gasteiger partial charge in [0.05, 0.1) is 10.3 Å². The molecule has 2 heterocycles. The highest BCUT2D eigenvalue weighted by molar-refractivity contribution is 8.00. The smallest absolute Gasteiger partial charge is 0.275 e. The number of aromatic nitrogens is 1. The zero-order valence-corrected chi connectivity index (χ0v) is 15.2. The monoisotopic (exact) mass is 366 g/mol. The molecule has 1 aromatic carbocycles. The first-order chi connectivity index (χ1) is 11.5. The predicted octanol–water partition coefficient (Wildman–Crippen LogP) is 2.49. The van der Waals surface area contributed by atoms with Crippen LogP contribution in [-0.2, 0) is 0 Å². The van der Waals surface area contributed by atoms with Crippen LogP contribution in [0.4, 0.5) is 9.52 Å². The Bertz CT molecular complexity index is 732. The number of amides is 1. The maximum absolute atomic E-state index is 13.2. The summed E-state index contributed by atoms with van der Waals surface area (Å²) in [6, 6.07) is 6.15. The average Bonchev–Trinajstić information content (AvgIpc) is 3.22. The maximum atomic E-state index is 13.2. The standard InChI is InChI=1S/C16H19FN4OS2/c1-20(2)16-19-13(15(22)21-7-8-23-12(21)9-18)14(24-16)10-3-5-11(17)6-4-10/h3-6,12H,7-9,18H2,1-2H3. The number of hydrogen-bond donors (Lipinski definition) is 1. The van der Waals surface area contributed by atoms with Crippen LogP contribution in [0.1, 0.15) is 10.5 Å². The first-order valence-corrected chi connectivity index (χ1v) is 9.44. The molecule has 5 nitrogen and oxygen atoms in total. The second-order valence-corrected chi connectivity index (χ2v) is 7.90. The molecule has 1 atom stereocenters. The Morgan fingerprint density at radius 3 is 2.75 bits per heavy atom. The third kappa shape index (κ3) is 3.26. The molecule has 1 aliphatic heterocycles. The molecule has 1 saturated heterocycles. The quantitative estimate of drug-likeness (QED) is 0.901. The summed E-state index contributed by atoms with van der Waals surface area (Å²) in [7, 11) is 3.77. The van der Waals surface area contributed by atoms with E-state index < -0.39 is 0 Å². The molecule has 2 N–H and O–H groups in total. The zero-order chi connectivity index (χ0) is 17.3. The van der Waals surface area contributed by atoms with Gasteiger partial charge in [-0.05, 0) is 17.7 Å². The van der Waals surface area contributed by atoms with Crippen LogP contribution >= 0.6 is 23.1 Å². The van der Waals surface area contributed by atoms with E-state index in [4.69, 9.17) is 5.73 Å². The molecule has 1 aliphatic rings. The van der Waals surface area contributed by atoms with E-state index in [1.54, 1.807) is 28.8 Å². The lowest BCUT2D eigenvalue weighted by molar-refractivity contribution is 0.0760. The van der Waals surface area contributed by atoms with Crippen molar-refractivity contribution in [2.75, 3.05) is 37.8 Å². The van der Waals surface area contributed by atoms with Crippen LogP contribution in [0.15, 0.2) is 24.3 Å². The second kappa shape index (κ2) is 7.08. The molecule has 1 aromatic heterocycles.